The number of nitrogens with zero attached hydrogens (tertiary/aromatic N) is 1. The molecule has 6 heteroatoms. The average molecular weight is 658 g/mol. The fourth-order valence-electron chi connectivity index (χ4n) is 4.90. The topological polar surface area (TPSA) is 85.4 Å². The van der Waals surface area contributed by atoms with Gasteiger partial charge in [-0.25, -0.2) is 0 Å². The molecule has 0 aromatic heterocycles. The summed E-state index contributed by atoms with van der Waals surface area (Å²) in [7, 11) is 3.46. The number of hydroxylamine groups is 1. The second kappa shape index (κ2) is 16.8. The Morgan fingerprint density at radius 2 is 1.39 bits per heavy atom. The summed E-state index contributed by atoms with van der Waals surface area (Å²) in [6.07, 6.45) is 1.43. The van der Waals surface area contributed by atoms with Crippen molar-refractivity contribution < 1.29 is 37.9 Å². The molecule has 0 heterocycles. The maximum Gasteiger partial charge on any atom is 0.0868 e. The summed E-state index contributed by atoms with van der Waals surface area (Å²) >= 11 is 0. The van der Waals surface area contributed by atoms with Crippen molar-refractivity contribution in [2.24, 2.45) is 5.73 Å². The third-order valence-corrected chi connectivity index (χ3v) is 7.28. The molecule has 0 spiro atoms. The van der Waals surface area contributed by atoms with Gasteiger partial charge in [-0.2, -0.15) is 0 Å². The Balaban J connectivity index is 0.000000188. The third-order valence-electron chi connectivity index (χ3n) is 7.28. The second-order valence-corrected chi connectivity index (χ2v) is 10.4. The Labute approximate surface area is 286 Å². The van der Waals surface area contributed by atoms with Crippen molar-refractivity contribution in [1.82, 2.24) is 0 Å². The quantitative estimate of drug-likeness (QED) is 0.0846. The van der Waals surface area contributed by atoms with Crippen LogP contribution in [0, 0.1) is 12.3 Å². The second-order valence-electron chi connectivity index (χ2n) is 10.4. The smallest absolute Gasteiger partial charge is 0.0868 e. The molecular formula is C38H40N4OY. The van der Waals surface area contributed by atoms with E-state index in [1.807, 2.05) is 86.8 Å². The first-order valence-electron chi connectivity index (χ1n) is 14.3. The van der Waals surface area contributed by atoms with Crippen LogP contribution < -0.4 is 16.1 Å². The van der Waals surface area contributed by atoms with E-state index in [9.17, 15) is 5.21 Å². The Morgan fingerprint density at radius 1 is 0.773 bits per heavy atom. The zero-order valence-corrected chi connectivity index (χ0v) is 28.7. The van der Waals surface area contributed by atoms with Crippen LogP contribution in [-0.2, 0) is 32.7 Å². The molecule has 6 aromatic carbocycles. The SMILES string of the molecule is CC(N)c1ccccc1.CNc1ccc(-c2ccc(C)cc2)cc1N(C)O.N=Cc1cccc2ccc3ccccc3c12.[Y]. The Morgan fingerprint density at radius 3 is 2.00 bits per heavy atom. The summed E-state index contributed by atoms with van der Waals surface area (Å²) in [6, 6.07) is 43.2. The molecule has 0 aliphatic heterocycles. The molecule has 0 aliphatic carbocycles. The standard InChI is InChI=1S/C15H18N2O.C15H11N.C8H11N.Y/c1-11-4-6-12(7-5-11)13-8-9-14(16-2)15(10-13)17(3)18;16-10-13-6-3-5-12-9-8-11-4-1-2-7-14(11)15(12)13;1-7(9)8-5-3-2-4-6-8;/h4-10,16,18H,1-3H3;1-10,16H;2-7H,9H2,1H3;. The molecule has 0 aliphatic rings. The van der Waals surface area contributed by atoms with Crippen LogP contribution >= 0.6 is 0 Å². The number of hydrogen-bond acceptors (Lipinski definition) is 5. The third kappa shape index (κ3) is 8.84. The summed E-state index contributed by atoms with van der Waals surface area (Å²) in [5.41, 5.74) is 12.9. The summed E-state index contributed by atoms with van der Waals surface area (Å²) in [4.78, 5) is 0. The molecule has 0 saturated heterocycles. The minimum atomic E-state index is 0. The van der Waals surface area contributed by atoms with E-state index in [1.165, 1.54) is 38.9 Å². The van der Waals surface area contributed by atoms with Crippen LogP contribution in [0.4, 0.5) is 11.4 Å². The van der Waals surface area contributed by atoms with E-state index in [0.29, 0.717) is 0 Å². The molecule has 5 nitrogen and oxygen atoms in total. The first-order valence-corrected chi connectivity index (χ1v) is 14.3. The Hall–Kier alpha value is -3.87. The average Bonchev–Trinajstić information content (AvgIpc) is 3.05. The minimum absolute atomic E-state index is 0. The fraction of sp³-hybridized carbons (Fsp3) is 0.132. The van der Waals surface area contributed by atoms with Gasteiger partial charge in [-0.3, -0.25) is 10.3 Å². The van der Waals surface area contributed by atoms with Crippen LogP contribution in [0.3, 0.4) is 0 Å². The van der Waals surface area contributed by atoms with Gasteiger partial charge in [0, 0.05) is 64.6 Å². The van der Waals surface area contributed by atoms with Gasteiger partial charge in [0.25, 0.3) is 0 Å². The molecule has 6 aromatic rings. The molecule has 1 unspecified atom stereocenters. The van der Waals surface area contributed by atoms with Crippen LogP contribution in [0.25, 0.3) is 32.7 Å². The van der Waals surface area contributed by atoms with Gasteiger partial charge in [-0.1, -0.05) is 121 Å². The number of fused-ring (bicyclic) bond motifs is 3. The number of benzene rings is 6. The van der Waals surface area contributed by atoms with E-state index in [0.717, 1.165) is 33.1 Å². The molecule has 6 rings (SSSR count). The first-order chi connectivity index (χ1) is 20.8. The predicted octanol–water partition coefficient (Wildman–Crippen LogP) is 9.22. The monoisotopic (exact) mass is 657 g/mol. The fourth-order valence-corrected chi connectivity index (χ4v) is 4.90. The van der Waals surface area contributed by atoms with Gasteiger partial charge in [0.2, 0.25) is 0 Å². The molecule has 44 heavy (non-hydrogen) atoms. The van der Waals surface area contributed by atoms with Gasteiger partial charge in [0.1, 0.15) is 0 Å². The van der Waals surface area contributed by atoms with Crippen LogP contribution in [-0.4, -0.2) is 25.5 Å². The normalized spacial score (nSPS) is 10.8. The van der Waals surface area contributed by atoms with Crippen molar-refractivity contribution in [1.29, 1.82) is 5.41 Å². The molecule has 0 saturated carbocycles. The molecule has 1 radical (unpaired) electrons. The number of aryl methyl sites for hydroxylation is 1. The zero-order valence-electron chi connectivity index (χ0n) is 25.8. The van der Waals surface area contributed by atoms with Crippen molar-refractivity contribution in [3.05, 3.63) is 144 Å². The maximum atomic E-state index is 9.64. The first kappa shape index (κ1) is 34.6. The van der Waals surface area contributed by atoms with E-state index < -0.39 is 0 Å². The molecular weight excluding hydrogens is 617 g/mol. The van der Waals surface area contributed by atoms with Crippen molar-refractivity contribution in [3.8, 4) is 11.1 Å². The van der Waals surface area contributed by atoms with Gasteiger partial charge in [-0.15, -0.1) is 0 Å². The summed E-state index contributed by atoms with van der Waals surface area (Å²) < 4.78 is 0. The molecule has 5 N–H and O–H groups in total. The van der Waals surface area contributed by atoms with Crippen LogP contribution in [0.5, 0.6) is 0 Å². The van der Waals surface area contributed by atoms with Crippen LogP contribution in [0.2, 0.25) is 0 Å². The van der Waals surface area contributed by atoms with Crippen molar-refractivity contribution in [2.45, 2.75) is 19.9 Å². The van der Waals surface area contributed by atoms with E-state index in [2.05, 4.69) is 66.8 Å². The van der Waals surface area contributed by atoms with Gasteiger partial charge in [-0.05, 0) is 64.2 Å². The molecule has 0 bridgehead atoms. The van der Waals surface area contributed by atoms with Gasteiger partial charge < -0.3 is 16.5 Å². The van der Waals surface area contributed by atoms with E-state index >= 15 is 0 Å². The van der Waals surface area contributed by atoms with Crippen LogP contribution in [0.15, 0.2) is 127 Å². The number of hydrogen-bond donors (Lipinski definition) is 4. The number of nitrogens with two attached hydrogens (primary N) is 1. The van der Waals surface area contributed by atoms with Crippen LogP contribution in [0.1, 0.15) is 29.7 Å². The van der Waals surface area contributed by atoms with Gasteiger partial charge in [0.05, 0.1) is 11.4 Å². The summed E-state index contributed by atoms with van der Waals surface area (Å²) in [6.45, 7) is 4.05. The van der Waals surface area contributed by atoms with Crippen molar-refractivity contribution in [3.63, 3.8) is 0 Å². The Bertz CT molecular complexity index is 1790. The molecule has 1 atom stereocenters. The number of anilines is 2. The maximum absolute atomic E-state index is 9.64. The van der Waals surface area contributed by atoms with E-state index in [4.69, 9.17) is 11.1 Å². The number of rotatable bonds is 5. The molecule has 0 fully saturated rings. The van der Waals surface area contributed by atoms with E-state index in [1.54, 1.807) is 7.05 Å². The summed E-state index contributed by atoms with van der Waals surface area (Å²) in [5.74, 6) is 0. The van der Waals surface area contributed by atoms with E-state index in [-0.39, 0.29) is 38.8 Å². The largest absolute Gasteiger partial charge is 0.386 e. The molecule has 0 amide bonds. The number of nitrogens with one attached hydrogen (secondary N) is 2. The summed E-state index contributed by atoms with van der Waals surface area (Å²) in [5, 5.41) is 26.1. The van der Waals surface area contributed by atoms with Gasteiger partial charge in [0.15, 0.2) is 0 Å². The predicted molar refractivity (Wildman–Crippen MR) is 185 cm³/mol. The van der Waals surface area contributed by atoms with Crippen molar-refractivity contribution in [2.75, 3.05) is 24.5 Å². The molecule has 221 valence electrons. The zero-order chi connectivity index (χ0) is 30.8. The Kier molecular flexibility index (Phi) is 13.3. The minimum Gasteiger partial charge on any atom is -0.386 e. The van der Waals surface area contributed by atoms with Crippen molar-refractivity contribution >= 4 is 39.1 Å². The van der Waals surface area contributed by atoms with Gasteiger partial charge >= 0.3 is 0 Å².